The Bertz CT molecular complexity index is 355. The first-order valence-corrected chi connectivity index (χ1v) is 11.3. The Labute approximate surface area is 162 Å². The van der Waals surface area contributed by atoms with E-state index in [1.54, 1.807) is 0 Å². The van der Waals surface area contributed by atoms with Gasteiger partial charge in [0, 0.05) is 6.42 Å². The van der Waals surface area contributed by atoms with Crippen LogP contribution in [0.15, 0.2) is 0 Å². The fourth-order valence-electron chi connectivity index (χ4n) is 4.18. The first-order chi connectivity index (χ1) is 12.6. The van der Waals surface area contributed by atoms with E-state index >= 15 is 0 Å². The van der Waals surface area contributed by atoms with E-state index < -0.39 is 0 Å². The molecule has 26 heavy (non-hydrogen) atoms. The molecule has 0 radical (unpaired) electrons. The summed E-state index contributed by atoms with van der Waals surface area (Å²) in [4.78, 5) is 11.0. The number of ether oxygens (including phenoxy) is 2. The maximum Gasteiger partial charge on any atom is 0.305 e. The van der Waals surface area contributed by atoms with E-state index in [1.807, 2.05) is 0 Å². The Balaban J connectivity index is 1.98. The van der Waals surface area contributed by atoms with Crippen molar-refractivity contribution < 1.29 is 14.3 Å². The first-order valence-electron chi connectivity index (χ1n) is 11.3. The van der Waals surface area contributed by atoms with Gasteiger partial charge in [0.15, 0.2) is 0 Å². The second-order valence-corrected chi connectivity index (χ2v) is 8.37. The summed E-state index contributed by atoms with van der Waals surface area (Å²) in [6.07, 6.45) is 18.0. The summed E-state index contributed by atoms with van der Waals surface area (Å²) >= 11 is 0. The lowest BCUT2D eigenvalue weighted by Gasteiger charge is -2.15. The number of unbranched alkanes of at least 4 members (excludes halogenated alkanes) is 9. The van der Waals surface area contributed by atoms with Crippen LogP contribution in [0.25, 0.3) is 0 Å². The summed E-state index contributed by atoms with van der Waals surface area (Å²) in [6, 6.07) is 0. The van der Waals surface area contributed by atoms with E-state index in [0.717, 1.165) is 24.7 Å². The van der Waals surface area contributed by atoms with Crippen LogP contribution in [0.1, 0.15) is 111 Å². The molecule has 0 aromatic rings. The molecule has 0 bridgehead atoms. The van der Waals surface area contributed by atoms with E-state index in [-0.39, 0.29) is 5.97 Å². The van der Waals surface area contributed by atoms with Gasteiger partial charge in [-0.25, -0.2) is 0 Å². The minimum Gasteiger partial charge on any atom is -0.469 e. The molecule has 0 aliphatic carbocycles. The third-order valence-electron chi connectivity index (χ3n) is 6.29. The molecule has 0 amide bonds. The summed E-state index contributed by atoms with van der Waals surface area (Å²) in [6.45, 7) is 7.05. The lowest BCUT2D eigenvalue weighted by molar-refractivity contribution is -0.140. The molecular weight excluding hydrogens is 324 g/mol. The van der Waals surface area contributed by atoms with Gasteiger partial charge < -0.3 is 9.47 Å². The van der Waals surface area contributed by atoms with Crippen molar-refractivity contribution in [3.8, 4) is 0 Å². The fourth-order valence-corrected chi connectivity index (χ4v) is 4.18. The van der Waals surface area contributed by atoms with Crippen molar-refractivity contribution in [3.05, 3.63) is 0 Å². The minimum absolute atomic E-state index is 0.0738. The van der Waals surface area contributed by atoms with Crippen molar-refractivity contribution in [2.24, 2.45) is 11.8 Å². The molecule has 1 aliphatic rings. The molecule has 3 heteroatoms. The summed E-state index contributed by atoms with van der Waals surface area (Å²) in [5.41, 5.74) is 0. The predicted molar refractivity (Wildman–Crippen MR) is 109 cm³/mol. The Kier molecular flexibility index (Phi) is 13.1. The average Bonchev–Trinajstić information content (AvgIpc) is 2.91. The molecule has 4 atom stereocenters. The fraction of sp³-hybridized carbons (Fsp3) is 0.957. The molecule has 1 aliphatic heterocycles. The van der Waals surface area contributed by atoms with Gasteiger partial charge in [-0.05, 0) is 31.1 Å². The van der Waals surface area contributed by atoms with Gasteiger partial charge in [0.2, 0.25) is 0 Å². The van der Waals surface area contributed by atoms with Crippen molar-refractivity contribution in [2.45, 2.75) is 123 Å². The molecule has 0 N–H and O–H groups in total. The number of hydrogen-bond donors (Lipinski definition) is 0. The number of carbonyl (C=O) groups is 1. The zero-order valence-corrected chi connectivity index (χ0v) is 17.9. The minimum atomic E-state index is -0.0738. The lowest BCUT2D eigenvalue weighted by atomic mass is 9.87. The monoisotopic (exact) mass is 368 g/mol. The maximum atomic E-state index is 11.0. The highest BCUT2D eigenvalue weighted by Gasteiger charge is 2.37. The Morgan fingerprint density at radius 1 is 0.769 bits per heavy atom. The number of esters is 1. The zero-order chi connectivity index (χ0) is 19.2. The van der Waals surface area contributed by atoms with Crippen LogP contribution in [0.3, 0.4) is 0 Å². The smallest absolute Gasteiger partial charge is 0.305 e. The average molecular weight is 369 g/mol. The van der Waals surface area contributed by atoms with Crippen molar-refractivity contribution in [1.82, 2.24) is 0 Å². The summed E-state index contributed by atoms with van der Waals surface area (Å²) in [7, 11) is 1.47. The van der Waals surface area contributed by atoms with Gasteiger partial charge in [-0.15, -0.1) is 0 Å². The van der Waals surface area contributed by atoms with Crippen LogP contribution in [0.2, 0.25) is 0 Å². The molecule has 1 rings (SSSR count). The van der Waals surface area contributed by atoms with Crippen LogP contribution in [0.4, 0.5) is 0 Å². The van der Waals surface area contributed by atoms with Crippen molar-refractivity contribution in [3.63, 3.8) is 0 Å². The van der Waals surface area contributed by atoms with Crippen LogP contribution < -0.4 is 0 Å². The van der Waals surface area contributed by atoms with Crippen molar-refractivity contribution >= 4 is 5.97 Å². The number of methoxy groups -OCH3 is 1. The third-order valence-corrected chi connectivity index (χ3v) is 6.29. The van der Waals surface area contributed by atoms with Gasteiger partial charge in [-0.3, -0.25) is 4.79 Å². The molecule has 0 aromatic carbocycles. The van der Waals surface area contributed by atoms with E-state index in [1.165, 1.54) is 77.7 Å². The van der Waals surface area contributed by atoms with Gasteiger partial charge >= 0.3 is 5.97 Å². The zero-order valence-electron chi connectivity index (χ0n) is 17.9. The number of hydrogen-bond acceptors (Lipinski definition) is 3. The van der Waals surface area contributed by atoms with Crippen LogP contribution >= 0.6 is 0 Å². The molecule has 0 aromatic heterocycles. The highest BCUT2D eigenvalue weighted by molar-refractivity contribution is 5.68. The highest BCUT2D eigenvalue weighted by atomic mass is 16.5. The predicted octanol–water partition coefficient (Wildman–Crippen LogP) is 6.68. The second-order valence-electron chi connectivity index (χ2n) is 8.37. The molecule has 1 fully saturated rings. The van der Waals surface area contributed by atoms with Gasteiger partial charge in [0.05, 0.1) is 19.3 Å². The number of carbonyl (C=O) groups excluding carboxylic acids is 1. The van der Waals surface area contributed by atoms with Crippen LogP contribution in [-0.4, -0.2) is 25.3 Å². The van der Waals surface area contributed by atoms with Gasteiger partial charge in [-0.2, -0.15) is 0 Å². The Morgan fingerprint density at radius 2 is 1.23 bits per heavy atom. The summed E-state index contributed by atoms with van der Waals surface area (Å²) < 4.78 is 11.1. The van der Waals surface area contributed by atoms with Crippen LogP contribution in [0, 0.1) is 11.8 Å². The van der Waals surface area contributed by atoms with Gasteiger partial charge in [0.25, 0.3) is 0 Å². The second kappa shape index (κ2) is 14.5. The van der Waals surface area contributed by atoms with E-state index in [2.05, 4.69) is 25.5 Å². The molecule has 0 unspecified atom stereocenters. The van der Waals surface area contributed by atoms with Gasteiger partial charge in [-0.1, -0.05) is 85.0 Å². The summed E-state index contributed by atoms with van der Waals surface area (Å²) in [5, 5.41) is 0. The Hall–Kier alpha value is -0.570. The molecule has 1 heterocycles. The van der Waals surface area contributed by atoms with Crippen molar-refractivity contribution in [2.75, 3.05) is 7.11 Å². The van der Waals surface area contributed by atoms with Crippen molar-refractivity contribution in [1.29, 1.82) is 0 Å². The largest absolute Gasteiger partial charge is 0.469 e. The summed E-state index contributed by atoms with van der Waals surface area (Å²) in [5.74, 6) is 1.37. The van der Waals surface area contributed by atoms with E-state index in [0.29, 0.717) is 18.6 Å². The lowest BCUT2D eigenvalue weighted by Crippen LogP contribution is -2.16. The molecular formula is C23H44O3. The molecule has 3 nitrogen and oxygen atoms in total. The van der Waals surface area contributed by atoms with Crippen LogP contribution in [-0.2, 0) is 14.3 Å². The van der Waals surface area contributed by atoms with Crippen LogP contribution in [0.5, 0.6) is 0 Å². The topological polar surface area (TPSA) is 35.5 Å². The van der Waals surface area contributed by atoms with E-state index in [4.69, 9.17) is 4.74 Å². The highest BCUT2D eigenvalue weighted by Crippen LogP contribution is 2.37. The molecule has 0 saturated carbocycles. The SMILES string of the molecule is CCCCC[C@H]1O[C@H](CCCCCCCCCCC(=O)OC)[C@@H](C)[C@@H]1C. The number of rotatable bonds is 15. The molecule has 0 spiro atoms. The maximum absolute atomic E-state index is 11.0. The normalized spacial score (nSPS) is 25.5. The molecule has 154 valence electrons. The quantitative estimate of drug-likeness (QED) is 0.239. The Morgan fingerprint density at radius 3 is 1.73 bits per heavy atom. The standard InChI is InChI=1S/C23H44O3/c1-5-6-13-16-21-19(2)20(3)22(26-21)17-14-11-9-7-8-10-12-15-18-23(24)25-4/h19-22H,5-18H2,1-4H3/t19-,20-,21+,22+/m0/s1. The first kappa shape index (κ1) is 23.5. The third kappa shape index (κ3) is 9.39. The van der Waals surface area contributed by atoms with Gasteiger partial charge in [0.1, 0.15) is 0 Å². The molecule has 1 saturated heterocycles. The van der Waals surface area contributed by atoms with E-state index in [9.17, 15) is 4.79 Å².